The van der Waals surface area contributed by atoms with E-state index in [9.17, 15) is 19.5 Å². The van der Waals surface area contributed by atoms with E-state index in [-0.39, 0.29) is 40.1 Å². The zero-order valence-electron chi connectivity index (χ0n) is 16.2. The highest BCUT2D eigenvalue weighted by Gasteiger charge is 2.07. The Kier molecular flexibility index (Phi) is 9.90. The van der Waals surface area contributed by atoms with Crippen molar-refractivity contribution < 1.29 is 24.6 Å². The van der Waals surface area contributed by atoms with Crippen LogP contribution in [0.2, 0.25) is 0 Å². The fourth-order valence-electron chi connectivity index (χ4n) is 1.93. The van der Waals surface area contributed by atoms with Crippen LogP contribution in [0.5, 0.6) is 11.5 Å². The quantitative estimate of drug-likeness (QED) is 0.368. The Labute approximate surface area is 158 Å². The lowest BCUT2D eigenvalue weighted by Gasteiger charge is -2.05. The van der Waals surface area contributed by atoms with Crippen molar-refractivity contribution in [2.24, 2.45) is 0 Å². The van der Waals surface area contributed by atoms with Gasteiger partial charge in [-0.3, -0.25) is 14.4 Å². The molecule has 0 saturated carbocycles. The number of hydrogen-bond acceptors (Lipinski definition) is 6. The molecule has 2 aromatic rings. The maximum atomic E-state index is 11.0. The summed E-state index contributed by atoms with van der Waals surface area (Å²) < 4.78 is 0. The molecule has 0 aliphatic heterocycles. The van der Waals surface area contributed by atoms with Crippen LogP contribution in [0.3, 0.4) is 0 Å². The molecule has 2 aromatic carbocycles. The zero-order chi connectivity index (χ0) is 21.1. The summed E-state index contributed by atoms with van der Waals surface area (Å²) >= 11 is 0. The van der Waals surface area contributed by atoms with Gasteiger partial charge in [0, 0.05) is 18.3 Å². The molecule has 0 aromatic heterocycles. The molecule has 0 unspecified atom stereocenters. The Morgan fingerprint density at radius 2 is 1.26 bits per heavy atom. The number of phenolic OH excluding ortho intramolecular Hbond substituents is 2. The lowest BCUT2D eigenvalue weighted by atomic mass is 10.1. The van der Waals surface area contributed by atoms with Crippen LogP contribution in [0.15, 0.2) is 36.4 Å². The molecule has 7 heteroatoms. The standard InChI is InChI=1S/C10H11NO3.C8H9NO2.C2H6/c1-6(12)9-5-8(11-7(2)13)3-4-10(9)14;1-5(10)7-4-6(9)2-3-8(7)11;1-2/h3-5,14H,1-2H3,(H,11,13);2-4,11H,9H2,1H3;1-2H3. The van der Waals surface area contributed by atoms with E-state index < -0.39 is 0 Å². The van der Waals surface area contributed by atoms with Gasteiger partial charge < -0.3 is 21.3 Å². The van der Waals surface area contributed by atoms with Gasteiger partial charge in [0.2, 0.25) is 5.91 Å². The largest absolute Gasteiger partial charge is 0.507 e. The molecule has 0 fully saturated rings. The number of Topliss-reactive ketones (excluding diaryl/α,β-unsaturated/α-hetero) is 2. The Balaban J connectivity index is 0.000000469. The van der Waals surface area contributed by atoms with Crippen molar-refractivity contribution in [3.05, 3.63) is 47.5 Å². The van der Waals surface area contributed by atoms with E-state index in [0.717, 1.165) is 0 Å². The van der Waals surface area contributed by atoms with Crippen molar-refractivity contribution in [3.63, 3.8) is 0 Å². The zero-order valence-corrected chi connectivity index (χ0v) is 16.2. The predicted molar refractivity (Wildman–Crippen MR) is 106 cm³/mol. The summed E-state index contributed by atoms with van der Waals surface area (Å²) in [6.45, 7) is 8.11. The van der Waals surface area contributed by atoms with Crippen LogP contribution in [0, 0.1) is 0 Å². The third-order valence-corrected chi connectivity index (χ3v) is 3.10. The van der Waals surface area contributed by atoms with Crippen LogP contribution in [0.25, 0.3) is 0 Å². The normalized spacial score (nSPS) is 9.07. The second-order valence-corrected chi connectivity index (χ2v) is 5.30. The fraction of sp³-hybridized carbons (Fsp3) is 0.250. The second kappa shape index (κ2) is 11.3. The summed E-state index contributed by atoms with van der Waals surface area (Å²) in [5, 5.41) is 21.0. The molecule has 7 nitrogen and oxygen atoms in total. The van der Waals surface area contributed by atoms with Crippen LogP contribution in [0.1, 0.15) is 55.3 Å². The molecular weight excluding hydrogens is 348 g/mol. The van der Waals surface area contributed by atoms with Gasteiger partial charge >= 0.3 is 0 Å². The number of rotatable bonds is 3. The van der Waals surface area contributed by atoms with Crippen LogP contribution < -0.4 is 11.1 Å². The van der Waals surface area contributed by atoms with Gasteiger partial charge in [0.15, 0.2) is 11.6 Å². The molecule has 2 rings (SSSR count). The van der Waals surface area contributed by atoms with Crippen LogP contribution in [-0.4, -0.2) is 27.7 Å². The summed E-state index contributed by atoms with van der Waals surface area (Å²) in [5.41, 5.74) is 6.86. The average molecular weight is 374 g/mol. The van der Waals surface area contributed by atoms with E-state index in [4.69, 9.17) is 10.8 Å². The number of nitrogen functional groups attached to an aromatic ring is 1. The highest BCUT2D eigenvalue weighted by molar-refractivity contribution is 5.99. The number of carbonyl (C=O) groups excluding carboxylic acids is 3. The lowest BCUT2D eigenvalue weighted by molar-refractivity contribution is -0.114. The van der Waals surface area contributed by atoms with Gasteiger partial charge in [-0.05, 0) is 50.2 Å². The van der Waals surface area contributed by atoms with Gasteiger partial charge in [-0.25, -0.2) is 0 Å². The number of anilines is 2. The van der Waals surface area contributed by atoms with Gasteiger partial charge in [0.05, 0.1) is 11.1 Å². The third-order valence-electron chi connectivity index (χ3n) is 3.10. The first-order valence-electron chi connectivity index (χ1n) is 8.32. The molecule has 0 radical (unpaired) electrons. The molecule has 0 heterocycles. The minimum atomic E-state index is -0.241. The Hall–Kier alpha value is -3.35. The fourth-order valence-corrected chi connectivity index (χ4v) is 1.93. The highest BCUT2D eigenvalue weighted by atomic mass is 16.3. The maximum Gasteiger partial charge on any atom is 0.221 e. The number of amides is 1. The van der Waals surface area contributed by atoms with Gasteiger partial charge in [-0.1, -0.05) is 13.8 Å². The Morgan fingerprint density at radius 1 is 0.815 bits per heavy atom. The number of aromatic hydroxyl groups is 2. The van der Waals surface area contributed by atoms with Crippen molar-refractivity contribution in [1.82, 2.24) is 0 Å². The average Bonchev–Trinajstić information content (AvgIpc) is 2.60. The van der Waals surface area contributed by atoms with Crippen LogP contribution in [-0.2, 0) is 4.79 Å². The topological polar surface area (TPSA) is 130 Å². The molecule has 146 valence electrons. The summed E-state index contributed by atoms with van der Waals surface area (Å²) in [5.74, 6) is -0.743. The maximum absolute atomic E-state index is 11.0. The van der Waals surface area contributed by atoms with E-state index in [1.54, 1.807) is 6.07 Å². The summed E-state index contributed by atoms with van der Waals surface area (Å²) in [7, 11) is 0. The number of phenols is 2. The molecule has 0 atom stereocenters. The number of carbonyl (C=O) groups is 3. The molecule has 0 bridgehead atoms. The summed E-state index contributed by atoms with van der Waals surface area (Å²) in [4.78, 5) is 32.6. The van der Waals surface area contributed by atoms with Crippen molar-refractivity contribution in [2.75, 3.05) is 11.1 Å². The van der Waals surface area contributed by atoms with Crippen molar-refractivity contribution in [3.8, 4) is 11.5 Å². The first-order valence-corrected chi connectivity index (χ1v) is 8.32. The van der Waals surface area contributed by atoms with Gasteiger partial charge in [-0.15, -0.1) is 0 Å². The van der Waals surface area contributed by atoms with Gasteiger partial charge in [0.25, 0.3) is 0 Å². The lowest BCUT2D eigenvalue weighted by Crippen LogP contribution is -2.06. The first kappa shape index (κ1) is 23.6. The molecule has 27 heavy (non-hydrogen) atoms. The molecule has 1 amide bonds. The number of benzene rings is 2. The Bertz CT molecular complexity index is 816. The Morgan fingerprint density at radius 3 is 1.67 bits per heavy atom. The molecule has 0 spiro atoms. The summed E-state index contributed by atoms with van der Waals surface area (Å²) in [6.07, 6.45) is 0. The summed E-state index contributed by atoms with van der Waals surface area (Å²) in [6, 6.07) is 8.76. The molecular formula is C20H26N2O5. The van der Waals surface area contributed by atoms with E-state index in [2.05, 4.69) is 5.32 Å². The number of hydrogen-bond donors (Lipinski definition) is 4. The second-order valence-electron chi connectivity index (χ2n) is 5.30. The van der Waals surface area contributed by atoms with E-state index in [1.807, 2.05) is 13.8 Å². The monoisotopic (exact) mass is 374 g/mol. The van der Waals surface area contributed by atoms with E-state index >= 15 is 0 Å². The minimum Gasteiger partial charge on any atom is -0.507 e. The smallest absolute Gasteiger partial charge is 0.221 e. The third kappa shape index (κ3) is 8.04. The molecule has 0 saturated heterocycles. The first-order chi connectivity index (χ1) is 12.6. The van der Waals surface area contributed by atoms with Crippen molar-refractivity contribution >= 4 is 28.8 Å². The molecule has 0 aliphatic carbocycles. The van der Waals surface area contributed by atoms with Crippen LogP contribution >= 0.6 is 0 Å². The van der Waals surface area contributed by atoms with Crippen molar-refractivity contribution in [2.45, 2.75) is 34.6 Å². The molecule has 0 aliphatic rings. The van der Waals surface area contributed by atoms with E-state index in [0.29, 0.717) is 11.4 Å². The van der Waals surface area contributed by atoms with Gasteiger partial charge in [0.1, 0.15) is 11.5 Å². The molecule has 5 N–H and O–H groups in total. The SMILES string of the molecule is CC.CC(=O)Nc1ccc(O)c(C(C)=O)c1.CC(=O)c1cc(N)ccc1O. The highest BCUT2D eigenvalue weighted by Crippen LogP contribution is 2.22. The van der Waals surface area contributed by atoms with Crippen LogP contribution in [0.4, 0.5) is 11.4 Å². The minimum absolute atomic E-state index is 0.0216. The van der Waals surface area contributed by atoms with E-state index in [1.165, 1.54) is 51.1 Å². The van der Waals surface area contributed by atoms with Crippen molar-refractivity contribution in [1.29, 1.82) is 0 Å². The number of ketones is 2. The number of nitrogens with one attached hydrogen (secondary N) is 1. The number of nitrogens with two attached hydrogens (primary N) is 1. The van der Waals surface area contributed by atoms with Gasteiger partial charge in [-0.2, -0.15) is 0 Å². The predicted octanol–water partition coefficient (Wildman–Crippen LogP) is 3.76.